The van der Waals surface area contributed by atoms with Crippen LogP contribution < -0.4 is 5.11 Å². The summed E-state index contributed by atoms with van der Waals surface area (Å²) in [6, 6.07) is 0. The smallest absolute Gasteiger partial charge is 0.306 e. The van der Waals surface area contributed by atoms with Gasteiger partial charge in [-0.25, -0.2) is 0 Å². The lowest BCUT2D eigenvalue weighted by molar-refractivity contribution is -0.870. The minimum atomic E-state index is -1.61. The summed E-state index contributed by atoms with van der Waals surface area (Å²) >= 11 is 0. The SMILES string of the molecule is CCCCCCCCCCCCCCCCCCCCCCCCCCCCCCCCCCC(=O)OC(COC(=O)CCCCCCCCCCCC)COC(OCC[N+](C)(C)C)C(=O)[O-]. The number of carboxylic acids is 1. The first-order valence-corrected chi connectivity index (χ1v) is 29.2. The molecule has 9 nitrogen and oxygen atoms in total. The molecular formula is C58H113NO8. The van der Waals surface area contributed by atoms with Gasteiger partial charge in [0, 0.05) is 12.8 Å². The number of hydrogen-bond donors (Lipinski definition) is 0. The number of carbonyl (C=O) groups excluding carboxylic acids is 3. The lowest BCUT2D eigenvalue weighted by Crippen LogP contribution is -2.44. The van der Waals surface area contributed by atoms with E-state index in [4.69, 9.17) is 18.9 Å². The third-order valence-corrected chi connectivity index (χ3v) is 13.4. The minimum Gasteiger partial charge on any atom is -0.545 e. The molecule has 0 fully saturated rings. The maximum absolute atomic E-state index is 12.8. The molecule has 0 aromatic heterocycles. The highest BCUT2D eigenvalue weighted by Gasteiger charge is 2.22. The van der Waals surface area contributed by atoms with Crippen LogP contribution in [0.5, 0.6) is 0 Å². The average molecular weight is 953 g/mol. The maximum atomic E-state index is 12.8. The Hall–Kier alpha value is -1.71. The molecule has 0 heterocycles. The Bertz CT molecular complexity index is 1060. The zero-order valence-electron chi connectivity index (χ0n) is 45.3. The van der Waals surface area contributed by atoms with Crippen molar-refractivity contribution in [1.29, 1.82) is 0 Å². The van der Waals surface area contributed by atoms with Gasteiger partial charge >= 0.3 is 11.9 Å². The van der Waals surface area contributed by atoms with E-state index in [9.17, 15) is 19.5 Å². The van der Waals surface area contributed by atoms with Crippen molar-refractivity contribution in [2.45, 2.75) is 309 Å². The molecule has 0 rings (SSSR count). The van der Waals surface area contributed by atoms with Crippen LogP contribution in [0.15, 0.2) is 0 Å². The van der Waals surface area contributed by atoms with Gasteiger partial charge in [0.25, 0.3) is 0 Å². The predicted molar refractivity (Wildman–Crippen MR) is 279 cm³/mol. The van der Waals surface area contributed by atoms with E-state index >= 15 is 0 Å². The second-order valence-corrected chi connectivity index (χ2v) is 21.3. The molecule has 0 N–H and O–H groups in total. The molecule has 0 amide bonds. The Morgan fingerprint density at radius 1 is 0.388 bits per heavy atom. The first kappa shape index (κ1) is 65.3. The molecule has 2 atom stereocenters. The van der Waals surface area contributed by atoms with E-state index < -0.39 is 24.3 Å². The summed E-state index contributed by atoms with van der Waals surface area (Å²) in [7, 11) is 5.93. The zero-order valence-corrected chi connectivity index (χ0v) is 45.3. The third kappa shape index (κ3) is 52.0. The van der Waals surface area contributed by atoms with Crippen molar-refractivity contribution in [2.24, 2.45) is 0 Å². The first-order chi connectivity index (χ1) is 32.6. The predicted octanol–water partition coefficient (Wildman–Crippen LogP) is 15.5. The van der Waals surface area contributed by atoms with Crippen LogP contribution in [-0.4, -0.2) is 82.3 Å². The number of unbranched alkanes of at least 4 members (excludes halogenated alkanes) is 40. The lowest BCUT2D eigenvalue weighted by Gasteiger charge is -2.26. The minimum absolute atomic E-state index is 0.153. The molecule has 398 valence electrons. The van der Waals surface area contributed by atoms with Gasteiger partial charge in [-0.05, 0) is 12.8 Å². The van der Waals surface area contributed by atoms with Crippen LogP contribution in [0.4, 0.5) is 0 Å². The Labute approximate surface area is 415 Å². The van der Waals surface area contributed by atoms with E-state index in [1.807, 2.05) is 21.1 Å². The number of esters is 2. The summed E-state index contributed by atoms with van der Waals surface area (Å²) in [4.78, 5) is 37.1. The van der Waals surface area contributed by atoms with Crippen molar-refractivity contribution in [2.75, 3.05) is 47.5 Å². The van der Waals surface area contributed by atoms with Gasteiger partial charge in [0.2, 0.25) is 0 Å². The summed E-state index contributed by atoms with van der Waals surface area (Å²) < 4.78 is 22.6. The number of nitrogens with zero attached hydrogens (tertiary/aromatic N) is 1. The topological polar surface area (TPSA) is 111 Å². The van der Waals surface area contributed by atoms with Gasteiger partial charge in [0.1, 0.15) is 13.2 Å². The Morgan fingerprint density at radius 2 is 0.672 bits per heavy atom. The van der Waals surface area contributed by atoms with E-state index in [-0.39, 0.29) is 32.2 Å². The van der Waals surface area contributed by atoms with Crippen LogP contribution in [0.3, 0.4) is 0 Å². The fourth-order valence-corrected chi connectivity index (χ4v) is 8.83. The van der Waals surface area contributed by atoms with E-state index in [0.717, 1.165) is 38.5 Å². The number of likely N-dealkylation sites (N-methyl/N-ethyl adjacent to an activating group) is 1. The molecule has 0 bridgehead atoms. The second-order valence-electron chi connectivity index (χ2n) is 21.3. The monoisotopic (exact) mass is 952 g/mol. The summed E-state index contributed by atoms with van der Waals surface area (Å²) in [5.74, 6) is -2.26. The first-order valence-electron chi connectivity index (χ1n) is 29.2. The molecule has 0 aliphatic rings. The molecule has 0 saturated heterocycles. The number of aliphatic carboxylic acids is 1. The Kier molecular flexibility index (Phi) is 49.4. The molecule has 2 unspecified atom stereocenters. The van der Waals surface area contributed by atoms with Crippen molar-refractivity contribution in [3.05, 3.63) is 0 Å². The van der Waals surface area contributed by atoms with E-state index in [1.165, 1.54) is 231 Å². The molecule has 0 aliphatic heterocycles. The molecule has 0 aromatic carbocycles. The zero-order chi connectivity index (χ0) is 49.2. The molecule has 67 heavy (non-hydrogen) atoms. The lowest BCUT2D eigenvalue weighted by atomic mass is 10.0. The summed E-state index contributed by atoms with van der Waals surface area (Å²) in [6.45, 7) is 4.78. The molecular weight excluding hydrogens is 839 g/mol. The summed E-state index contributed by atoms with van der Waals surface area (Å²) in [5, 5.41) is 11.7. The van der Waals surface area contributed by atoms with Gasteiger partial charge in [0.15, 0.2) is 12.4 Å². The summed E-state index contributed by atoms with van der Waals surface area (Å²) in [5.41, 5.74) is 0. The van der Waals surface area contributed by atoms with Gasteiger partial charge in [-0.3, -0.25) is 9.59 Å². The number of ether oxygens (including phenoxy) is 4. The molecule has 0 aliphatic carbocycles. The van der Waals surface area contributed by atoms with Gasteiger partial charge in [-0.1, -0.05) is 271 Å². The highest BCUT2D eigenvalue weighted by molar-refractivity contribution is 5.70. The molecule has 0 saturated carbocycles. The largest absolute Gasteiger partial charge is 0.545 e. The Balaban J connectivity index is 3.96. The van der Waals surface area contributed by atoms with Crippen LogP contribution in [0.2, 0.25) is 0 Å². The van der Waals surface area contributed by atoms with Crippen molar-refractivity contribution in [3.8, 4) is 0 Å². The fraction of sp³-hybridized carbons (Fsp3) is 0.948. The van der Waals surface area contributed by atoms with Crippen molar-refractivity contribution >= 4 is 17.9 Å². The quantitative estimate of drug-likeness (QED) is 0.0256. The molecule has 0 radical (unpaired) electrons. The molecule has 0 aromatic rings. The van der Waals surface area contributed by atoms with Crippen LogP contribution in [0.25, 0.3) is 0 Å². The van der Waals surface area contributed by atoms with E-state index in [0.29, 0.717) is 17.4 Å². The third-order valence-electron chi connectivity index (χ3n) is 13.4. The van der Waals surface area contributed by atoms with Gasteiger partial charge in [0.05, 0.1) is 40.3 Å². The summed E-state index contributed by atoms with van der Waals surface area (Å²) in [6.07, 6.45) is 53.3. The normalized spacial score (nSPS) is 12.7. The highest BCUT2D eigenvalue weighted by Crippen LogP contribution is 2.18. The number of hydrogen-bond acceptors (Lipinski definition) is 8. The number of rotatable bonds is 55. The van der Waals surface area contributed by atoms with Gasteiger partial charge in [-0.15, -0.1) is 0 Å². The van der Waals surface area contributed by atoms with Crippen LogP contribution in [-0.2, 0) is 33.3 Å². The number of carboxylic acid groups (broad SMARTS) is 1. The van der Waals surface area contributed by atoms with E-state index in [1.54, 1.807) is 0 Å². The maximum Gasteiger partial charge on any atom is 0.306 e. The second kappa shape index (κ2) is 50.7. The number of quaternary nitrogens is 1. The van der Waals surface area contributed by atoms with Gasteiger partial charge in [-0.2, -0.15) is 0 Å². The van der Waals surface area contributed by atoms with Crippen molar-refractivity contribution < 1.29 is 42.9 Å². The highest BCUT2D eigenvalue weighted by atomic mass is 16.7. The fourth-order valence-electron chi connectivity index (χ4n) is 8.83. The van der Waals surface area contributed by atoms with Crippen molar-refractivity contribution in [3.63, 3.8) is 0 Å². The van der Waals surface area contributed by atoms with Gasteiger partial charge < -0.3 is 33.3 Å². The standard InChI is InChI=1S/C58H113NO8/c1-6-8-10-12-14-16-18-19-20-21-22-23-24-25-26-27-28-29-30-31-32-33-34-35-36-37-38-39-41-43-45-47-49-56(61)67-54(53-66-58(57(62)63)64-51-50-59(3,4)5)52-65-55(60)48-46-44-42-40-17-15-13-11-9-7-2/h54,58H,6-53H2,1-5H3. The van der Waals surface area contributed by atoms with Crippen LogP contribution >= 0.6 is 0 Å². The van der Waals surface area contributed by atoms with E-state index in [2.05, 4.69) is 13.8 Å². The molecule has 9 heteroatoms. The van der Waals surface area contributed by atoms with Crippen LogP contribution in [0.1, 0.15) is 296 Å². The number of carbonyl (C=O) groups is 3. The Morgan fingerprint density at radius 3 is 0.955 bits per heavy atom. The molecule has 0 spiro atoms. The average Bonchev–Trinajstić information content (AvgIpc) is 3.29. The van der Waals surface area contributed by atoms with Crippen LogP contribution in [0, 0.1) is 0 Å². The van der Waals surface area contributed by atoms with Crippen molar-refractivity contribution in [1.82, 2.24) is 0 Å².